The molecule has 0 bridgehead atoms. The fraction of sp³-hybridized carbons (Fsp3) is 0.167. The van der Waals surface area contributed by atoms with Gasteiger partial charge in [-0.3, -0.25) is 5.32 Å². The van der Waals surface area contributed by atoms with Crippen LogP contribution in [0.25, 0.3) is 11.1 Å². The van der Waals surface area contributed by atoms with Gasteiger partial charge in [-0.15, -0.1) is 6.42 Å². The van der Waals surface area contributed by atoms with Crippen LogP contribution in [0, 0.1) is 12.3 Å². The molecule has 3 nitrogen and oxygen atoms in total. The standard InChI is InChI=1S/C18H17NO2/c1-3-13-19-17(18(20)21-2)16-11-9-15(10-12-16)14-7-5-4-6-8-14/h1,4-12,17,19H,13H2,2H3. The fourth-order valence-corrected chi connectivity index (χ4v) is 2.11. The lowest BCUT2D eigenvalue weighted by Crippen LogP contribution is -2.29. The second-order valence-electron chi connectivity index (χ2n) is 4.53. The first-order valence-corrected chi connectivity index (χ1v) is 6.66. The molecule has 21 heavy (non-hydrogen) atoms. The Labute approximate surface area is 125 Å². The predicted molar refractivity (Wildman–Crippen MR) is 83.5 cm³/mol. The lowest BCUT2D eigenvalue weighted by atomic mass is 10.0. The van der Waals surface area contributed by atoms with Gasteiger partial charge in [0, 0.05) is 0 Å². The van der Waals surface area contributed by atoms with Crippen molar-refractivity contribution in [2.75, 3.05) is 13.7 Å². The number of hydrogen-bond donors (Lipinski definition) is 1. The minimum atomic E-state index is -0.545. The third-order valence-corrected chi connectivity index (χ3v) is 3.20. The molecule has 0 spiro atoms. The summed E-state index contributed by atoms with van der Waals surface area (Å²) in [5.41, 5.74) is 3.06. The number of carbonyl (C=O) groups is 1. The predicted octanol–water partition coefficient (Wildman–Crippen LogP) is 2.79. The number of esters is 1. The normalized spacial score (nSPS) is 11.4. The van der Waals surface area contributed by atoms with E-state index in [4.69, 9.17) is 11.2 Å². The molecular weight excluding hydrogens is 262 g/mol. The second kappa shape index (κ2) is 7.28. The van der Waals surface area contributed by atoms with Crippen LogP contribution < -0.4 is 5.32 Å². The molecule has 0 radical (unpaired) electrons. The van der Waals surface area contributed by atoms with Crippen molar-refractivity contribution in [3.05, 3.63) is 60.2 Å². The minimum absolute atomic E-state index is 0.306. The van der Waals surface area contributed by atoms with Crippen molar-refractivity contribution >= 4 is 5.97 Å². The Morgan fingerprint density at radius 2 is 1.76 bits per heavy atom. The highest BCUT2D eigenvalue weighted by Crippen LogP contribution is 2.22. The third kappa shape index (κ3) is 3.71. The molecule has 0 amide bonds. The van der Waals surface area contributed by atoms with E-state index in [2.05, 4.69) is 11.2 Å². The molecule has 106 valence electrons. The van der Waals surface area contributed by atoms with E-state index in [9.17, 15) is 4.79 Å². The van der Waals surface area contributed by atoms with Gasteiger partial charge in [0.25, 0.3) is 0 Å². The molecule has 1 unspecified atom stereocenters. The number of ether oxygens (including phenoxy) is 1. The first kappa shape index (κ1) is 14.8. The summed E-state index contributed by atoms with van der Waals surface area (Å²) in [7, 11) is 1.37. The van der Waals surface area contributed by atoms with Crippen LogP contribution in [0.1, 0.15) is 11.6 Å². The largest absolute Gasteiger partial charge is 0.468 e. The Hall–Kier alpha value is -2.57. The van der Waals surface area contributed by atoms with Crippen LogP contribution >= 0.6 is 0 Å². The number of terminal acetylenes is 1. The average molecular weight is 279 g/mol. The number of methoxy groups -OCH3 is 1. The first-order chi connectivity index (χ1) is 10.3. The van der Waals surface area contributed by atoms with E-state index in [1.54, 1.807) is 0 Å². The zero-order valence-electron chi connectivity index (χ0n) is 11.9. The summed E-state index contributed by atoms with van der Waals surface area (Å²) in [6.45, 7) is 0.306. The van der Waals surface area contributed by atoms with Gasteiger partial charge in [-0.1, -0.05) is 60.5 Å². The van der Waals surface area contributed by atoms with Crippen LogP contribution in [0.15, 0.2) is 54.6 Å². The summed E-state index contributed by atoms with van der Waals surface area (Å²) in [6, 6.07) is 17.3. The maximum Gasteiger partial charge on any atom is 0.327 e. The number of carbonyl (C=O) groups excluding carboxylic acids is 1. The van der Waals surface area contributed by atoms with Gasteiger partial charge >= 0.3 is 5.97 Å². The number of benzene rings is 2. The highest BCUT2D eigenvalue weighted by Gasteiger charge is 2.20. The molecule has 2 aromatic carbocycles. The van der Waals surface area contributed by atoms with Gasteiger partial charge in [-0.25, -0.2) is 4.79 Å². The summed E-state index contributed by atoms with van der Waals surface area (Å²) in [5.74, 6) is 2.12. The van der Waals surface area contributed by atoms with Crippen molar-refractivity contribution in [3.8, 4) is 23.5 Å². The quantitative estimate of drug-likeness (QED) is 0.675. The second-order valence-corrected chi connectivity index (χ2v) is 4.53. The molecule has 1 N–H and O–H groups in total. The molecule has 2 rings (SSSR count). The molecule has 0 heterocycles. The van der Waals surface area contributed by atoms with Crippen LogP contribution in [0.2, 0.25) is 0 Å². The summed E-state index contributed by atoms with van der Waals surface area (Å²) in [5, 5.41) is 2.98. The Kier molecular flexibility index (Phi) is 5.14. The monoisotopic (exact) mass is 279 g/mol. The fourth-order valence-electron chi connectivity index (χ4n) is 2.11. The summed E-state index contributed by atoms with van der Waals surface area (Å²) < 4.78 is 4.81. The topological polar surface area (TPSA) is 38.3 Å². The van der Waals surface area contributed by atoms with E-state index in [0.29, 0.717) is 6.54 Å². The van der Waals surface area contributed by atoms with E-state index in [1.165, 1.54) is 7.11 Å². The van der Waals surface area contributed by atoms with Crippen molar-refractivity contribution in [3.63, 3.8) is 0 Å². The SMILES string of the molecule is C#CCNC(C(=O)OC)c1ccc(-c2ccccc2)cc1. The Balaban J connectivity index is 2.23. The van der Waals surface area contributed by atoms with Gasteiger partial charge in [0.15, 0.2) is 0 Å². The van der Waals surface area contributed by atoms with E-state index in [0.717, 1.165) is 16.7 Å². The molecule has 0 fully saturated rings. The number of hydrogen-bond acceptors (Lipinski definition) is 3. The van der Waals surface area contributed by atoms with Gasteiger partial charge in [-0.2, -0.15) is 0 Å². The third-order valence-electron chi connectivity index (χ3n) is 3.20. The van der Waals surface area contributed by atoms with E-state index < -0.39 is 6.04 Å². The van der Waals surface area contributed by atoms with Gasteiger partial charge in [0.05, 0.1) is 13.7 Å². The summed E-state index contributed by atoms with van der Waals surface area (Å²) in [6.07, 6.45) is 5.23. The number of nitrogens with one attached hydrogen (secondary N) is 1. The lowest BCUT2D eigenvalue weighted by molar-refractivity contribution is -0.143. The van der Waals surface area contributed by atoms with Crippen molar-refractivity contribution < 1.29 is 9.53 Å². The van der Waals surface area contributed by atoms with Gasteiger partial charge in [0.1, 0.15) is 6.04 Å². The Bertz CT molecular complexity index is 627. The highest BCUT2D eigenvalue weighted by molar-refractivity contribution is 5.78. The van der Waals surface area contributed by atoms with Gasteiger partial charge < -0.3 is 4.74 Å². The minimum Gasteiger partial charge on any atom is -0.468 e. The van der Waals surface area contributed by atoms with Crippen LogP contribution in [0.5, 0.6) is 0 Å². The summed E-state index contributed by atoms with van der Waals surface area (Å²) in [4.78, 5) is 11.8. The van der Waals surface area contributed by atoms with Crippen LogP contribution in [0.4, 0.5) is 0 Å². The smallest absolute Gasteiger partial charge is 0.327 e. The zero-order chi connectivity index (χ0) is 15.1. The molecule has 2 aromatic rings. The Morgan fingerprint density at radius 3 is 2.33 bits per heavy atom. The summed E-state index contributed by atoms with van der Waals surface area (Å²) >= 11 is 0. The molecule has 3 heteroatoms. The molecule has 1 atom stereocenters. The molecule has 0 aliphatic heterocycles. The van der Waals surface area contributed by atoms with E-state index in [-0.39, 0.29) is 5.97 Å². The maximum atomic E-state index is 11.8. The Morgan fingerprint density at radius 1 is 1.14 bits per heavy atom. The molecule has 0 aliphatic carbocycles. The highest BCUT2D eigenvalue weighted by atomic mass is 16.5. The van der Waals surface area contributed by atoms with Crippen LogP contribution in [-0.4, -0.2) is 19.6 Å². The molecule has 0 saturated heterocycles. The molecule has 0 aromatic heterocycles. The van der Waals surface area contributed by atoms with E-state index in [1.807, 2.05) is 54.6 Å². The van der Waals surface area contributed by atoms with Gasteiger partial charge in [0.2, 0.25) is 0 Å². The molecule has 0 saturated carbocycles. The first-order valence-electron chi connectivity index (χ1n) is 6.66. The van der Waals surface area contributed by atoms with E-state index >= 15 is 0 Å². The lowest BCUT2D eigenvalue weighted by Gasteiger charge is -2.15. The number of rotatable bonds is 5. The van der Waals surface area contributed by atoms with Gasteiger partial charge in [-0.05, 0) is 16.7 Å². The van der Waals surface area contributed by atoms with Crippen LogP contribution in [0.3, 0.4) is 0 Å². The van der Waals surface area contributed by atoms with Crippen molar-refractivity contribution in [1.82, 2.24) is 5.32 Å². The zero-order valence-corrected chi connectivity index (χ0v) is 11.9. The molecule has 0 aliphatic rings. The molecular formula is C18H17NO2. The van der Waals surface area contributed by atoms with Crippen molar-refractivity contribution in [2.24, 2.45) is 0 Å². The average Bonchev–Trinajstić information content (AvgIpc) is 2.56. The van der Waals surface area contributed by atoms with Crippen molar-refractivity contribution in [1.29, 1.82) is 0 Å². The van der Waals surface area contributed by atoms with Crippen molar-refractivity contribution in [2.45, 2.75) is 6.04 Å². The maximum absolute atomic E-state index is 11.8. The van der Waals surface area contributed by atoms with Crippen LogP contribution in [-0.2, 0) is 9.53 Å².